The lowest BCUT2D eigenvalue weighted by Crippen LogP contribution is -2.19. The molecule has 13 heavy (non-hydrogen) atoms. The topological polar surface area (TPSA) is 50.1 Å². The Morgan fingerprint density at radius 2 is 2.15 bits per heavy atom. The van der Waals surface area contributed by atoms with Gasteiger partial charge in [0, 0.05) is 7.05 Å². The van der Waals surface area contributed by atoms with Crippen LogP contribution in [0.4, 0.5) is 11.4 Å². The zero-order valence-corrected chi connectivity index (χ0v) is 8.53. The van der Waals surface area contributed by atoms with Gasteiger partial charge in [-0.2, -0.15) is 0 Å². The monoisotopic (exact) mass is 195 g/mol. The fourth-order valence-corrected chi connectivity index (χ4v) is 1.35. The van der Waals surface area contributed by atoms with Crippen LogP contribution in [0.15, 0.2) is 18.2 Å². The minimum absolute atomic E-state index is 0.280. The predicted molar refractivity (Wildman–Crippen MR) is 61.1 cm³/mol. The Labute approximate surface area is 83.3 Å². The van der Waals surface area contributed by atoms with Crippen molar-refractivity contribution in [3.63, 3.8) is 0 Å². The minimum Gasteiger partial charge on any atom is -0.386 e. The highest BCUT2D eigenvalue weighted by Gasteiger charge is 2.02. The Kier molecular flexibility index (Phi) is 3.08. The molecule has 1 aromatic rings. The molecule has 0 atom stereocenters. The second kappa shape index (κ2) is 4.09. The van der Waals surface area contributed by atoms with E-state index in [4.69, 9.17) is 18.0 Å². The minimum atomic E-state index is 0.280. The number of hydrogen-bond donors (Lipinski definition) is 3. The van der Waals surface area contributed by atoms with Gasteiger partial charge in [-0.15, -0.1) is 0 Å². The molecule has 1 aromatic carbocycles. The van der Waals surface area contributed by atoms with E-state index in [1.54, 1.807) is 0 Å². The van der Waals surface area contributed by atoms with E-state index in [0.29, 0.717) is 0 Å². The number of para-hydroxylation sites is 1. The van der Waals surface area contributed by atoms with E-state index in [2.05, 4.69) is 10.6 Å². The summed E-state index contributed by atoms with van der Waals surface area (Å²) in [4.78, 5) is 0. The molecular weight excluding hydrogens is 182 g/mol. The van der Waals surface area contributed by atoms with Gasteiger partial charge in [0.05, 0.1) is 11.4 Å². The molecule has 0 aliphatic heterocycles. The summed E-state index contributed by atoms with van der Waals surface area (Å²) >= 11 is 4.77. The lowest BCUT2D eigenvalue weighted by molar-refractivity contribution is 1.40. The Morgan fingerprint density at radius 1 is 1.46 bits per heavy atom. The van der Waals surface area contributed by atoms with Crippen LogP contribution in [0, 0.1) is 6.92 Å². The SMILES string of the molecule is CNc1c(C)cccc1NC(N)=S. The Hall–Kier alpha value is -1.29. The molecule has 4 N–H and O–H groups in total. The van der Waals surface area contributed by atoms with E-state index >= 15 is 0 Å². The smallest absolute Gasteiger partial charge is 0.168 e. The summed E-state index contributed by atoms with van der Waals surface area (Å²) < 4.78 is 0. The summed E-state index contributed by atoms with van der Waals surface area (Å²) in [6.07, 6.45) is 0. The molecule has 0 aliphatic rings. The van der Waals surface area contributed by atoms with Gasteiger partial charge in [0.25, 0.3) is 0 Å². The van der Waals surface area contributed by atoms with Crippen LogP contribution in [0.5, 0.6) is 0 Å². The van der Waals surface area contributed by atoms with Crippen molar-refractivity contribution in [2.24, 2.45) is 5.73 Å². The number of hydrogen-bond acceptors (Lipinski definition) is 2. The molecule has 0 fully saturated rings. The van der Waals surface area contributed by atoms with Gasteiger partial charge in [0.15, 0.2) is 5.11 Å². The highest BCUT2D eigenvalue weighted by molar-refractivity contribution is 7.80. The number of rotatable bonds is 2. The maximum Gasteiger partial charge on any atom is 0.168 e. The molecule has 0 spiro atoms. The largest absolute Gasteiger partial charge is 0.386 e. The van der Waals surface area contributed by atoms with Gasteiger partial charge in [0.2, 0.25) is 0 Å². The molecule has 0 amide bonds. The third-order valence-corrected chi connectivity index (χ3v) is 1.88. The van der Waals surface area contributed by atoms with Crippen LogP contribution in [0.2, 0.25) is 0 Å². The van der Waals surface area contributed by atoms with Crippen LogP contribution in [0.25, 0.3) is 0 Å². The Morgan fingerprint density at radius 3 is 2.69 bits per heavy atom. The van der Waals surface area contributed by atoms with Crippen LogP contribution >= 0.6 is 12.2 Å². The molecule has 0 saturated carbocycles. The van der Waals surface area contributed by atoms with Crippen molar-refractivity contribution in [2.45, 2.75) is 6.92 Å². The number of thiocarbonyl (C=S) groups is 1. The first kappa shape index (κ1) is 9.80. The molecule has 0 heterocycles. The van der Waals surface area contributed by atoms with Gasteiger partial charge in [0.1, 0.15) is 0 Å². The van der Waals surface area contributed by atoms with E-state index in [-0.39, 0.29) is 5.11 Å². The molecule has 0 bridgehead atoms. The number of aryl methyl sites for hydroxylation is 1. The van der Waals surface area contributed by atoms with E-state index in [1.165, 1.54) is 0 Å². The van der Waals surface area contributed by atoms with Crippen LogP contribution in [-0.4, -0.2) is 12.2 Å². The molecular formula is C9H13N3S. The molecule has 0 aliphatic carbocycles. The van der Waals surface area contributed by atoms with Crippen molar-refractivity contribution in [2.75, 3.05) is 17.7 Å². The average Bonchev–Trinajstić information content (AvgIpc) is 2.03. The highest BCUT2D eigenvalue weighted by atomic mass is 32.1. The molecule has 1 rings (SSSR count). The summed E-state index contributed by atoms with van der Waals surface area (Å²) in [5, 5.41) is 6.28. The lowest BCUT2D eigenvalue weighted by Gasteiger charge is -2.12. The van der Waals surface area contributed by atoms with Crippen molar-refractivity contribution in [3.8, 4) is 0 Å². The fraction of sp³-hybridized carbons (Fsp3) is 0.222. The average molecular weight is 195 g/mol. The Balaban J connectivity index is 3.05. The number of anilines is 2. The molecule has 0 unspecified atom stereocenters. The molecule has 0 aromatic heterocycles. The highest BCUT2D eigenvalue weighted by Crippen LogP contribution is 2.24. The number of nitrogens with one attached hydrogen (secondary N) is 2. The first-order valence-electron chi connectivity index (χ1n) is 3.99. The van der Waals surface area contributed by atoms with Crippen molar-refractivity contribution >= 4 is 28.7 Å². The second-order valence-electron chi connectivity index (χ2n) is 2.74. The van der Waals surface area contributed by atoms with Crippen molar-refractivity contribution < 1.29 is 0 Å². The third kappa shape index (κ3) is 2.32. The maximum absolute atomic E-state index is 5.39. The van der Waals surface area contributed by atoms with Crippen LogP contribution in [0.1, 0.15) is 5.56 Å². The van der Waals surface area contributed by atoms with E-state index in [1.807, 2.05) is 32.2 Å². The van der Waals surface area contributed by atoms with Crippen LogP contribution in [0.3, 0.4) is 0 Å². The van der Waals surface area contributed by atoms with Gasteiger partial charge in [-0.1, -0.05) is 12.1 Å². The summed E-state index contributed by atoms with van der Waals surface area (Å²) in [6.45, 7) is 2.02. The van der Waals surface area contributed by atoms with Gasteiger partial charge in [-0.3, -0.25) is 0 Å². The second-order valence-corrected chi connectivity index (χ2v) is 3.18. The van der Waals surface area contributed by atoms with Crippen LogP contribution < -0.4 is 16.4 Å². The van der Waals surface area contributed by atoms with E-state index in [9.17, 15) is 0 Å². The summed E-state index contributed by atoms with van der Waals surface area (Å²) in [7, 11) is 1.87. The van der Waals surface area contributed by atoms with Crippen molar-refractivity contribution in [1.82, 2.24) is 0 Å². The summed E-state index contributed by atoms with van der Waals surface area (Å²) in [5.74, 6) is 0. The summed E-state index contributed by atoms with van der Waals surface area (Å²) in [6, 6.07) is 5.91. The third-order valence-electron chi connectivity index (χ3n) is 1.78. The summed E-state index contributed by atoms with van der Waals surface area (Å²) in [5.41, 5.74) is 8.48. The molecule has 3 nitrogen and oxygen atoms in total. The number of nitrogens with two attached hydrogens (primary N) is 1. The first-order chi connectivity index (χ1) is 6.15. The van der Waals surface area contributed by atoms with Gasteiger partial charge < -0.3 is 16.4 Å². The van der Waals surface area contributed by atoms with E-state index in [0.717, 1.165) is 16.9 Å². The molecule has 0 saturated heterocycles. The quantitative estimate of drug-likeness (QED) is 0.629. The normalized spacial score (nSPS) is 9.38. The molecule has 4 heteroatoms. The zero-order valence-electron chi connectivity index (χ0n) is 7.72. The number of benzene rings is 1. The van der Waals surface area contributed by atoms with Crippen LogP contribution in [-0.2, 0) is 0 Å². The standard InChI is InChI=1S/C9H13N3S/c1-6-4-3-5-7(8(6)11-2)12-9(10)13/h3-5,11H,1-2H3,(H3,10,12,13). The van der Waals surface area contributed by atoms with E-state index < -0.39 is 0 Å². The van der Waals surface area contributed by atoms with Crippen molar-refractivity contribution in [3.05, 3.63) is 23.8 Å². The van der Waals surface area contributed by atoms with Gasteiger partial charge >= 0.3 is 0 Å². The first-order valence-corrected chi connectivity index (χ1v) is 4.40. The molecule has 0 radical (unpaired) electrons. The van der Waals surface area contributed by atoms with Gasteiger partial charge in [-0.05, 0) is 30.8 Å². The lowest BCUT2D eigenvalue weighted by atomic mass is 10.1. The predicted octanol–water partition coefficient (Wildman–Crippen LogP) is 1.69. The van der Waals surface area contributed by atoms with Crippen molar-refractivity contribution in [1.29, 1.82) is 0 Å². The van der Waals surface area contributed by atoms with Gasteiger partial charge in [-0.25, -0.2) is 0 Å². The zero-order chi connectivity index (χ0) is 9.84. The maximum atomic E-state index is 5.39. The fourth-order valence-electron chi connectivity index (χ4n) is 1.24. The Bertz CT molecular complexity index is 323. The molecule has 70 valence electrons.